The Morgan fingerprint density at radius 3 is 2.35 bits per heavy atom. The van der Waals surface area contributed by atoms with Crippen LogP contribution in [0.15, 0.2) is 24.3 Å². The summed E-state index contributed by atoms with van der Waals surface area (Å²) >= 11 is 5.91. The summed E-state index contributed by atoms with van der Waals surface area (Å²) in [5.41, 5.74) is 7.45. The fraction of sp³-hybridized carbons (Fsp3) is 0.625. The molecule has 1 aliphatic carbocycles. The van der Waals surface area contributed by atoms with Crippen molar-refractivity contribution in [2.75, 3.05) is 32.7 Å². The zero-order valence-electron chi connectivity index (χ0n) is 12.0. The van der Waals surface area contributed by atoms with E-state index in [1.807, 2.05) is 24.3 Å². The van der Waals surface area contributed by atoms with Gasteiger partial charge in [-0.3, -0.25) is 4.90 Å². The molecule has 1 aliphatic heterocycles. The van der Waals surface area contributed by atoms with E-state index < -0.39 is 0 Å². The van der Waals surface area contributed by atoms with Gasteiger partial charge in [0, 0.05) is 49.8 Å². The first kappa shape index (κ1) is 14.3. The van der Waals surface area contributed by atoms with Crippen LogP contribution in [-0.2, 0) is 0 Å². The second-order valence-corrected chi connectivity index (χ2v) is 6.49. The van der Waals surface area contributed by atoms with Crippen LogP contribution >= 0.6 is 11.6 Å². The van der Waals surface area contributed by atoms with Crippen molar-refractivity contribution in [3.8, 4) is 0 Å². The molecule has 1 atom stereocenters. The Bertz CT molecular complexity index is 422. The normalized spacial score (nSPS) is 22.9. The Morgan fingerprint density at radius 2 is 1.75 bits per heavy atom. The maximum Gasteiger partial charge on any atom is 0.0406 e. The maximum atomic E-state index is 6.27. The lowest BCUT2D eigenvalue weighted by Crippen LogP contribution is -2.47. The minimum Gasteiger partial charge on any atom is -0.324 e. The van der Waals surface area contributed by atoms with Crippen molar-refractivity contribution in [2.24, 2.45) is 5.73 Å². The molecule has 1 saturated carbocycles. The van der Waals surface area contributed by atoms with E-state index in [-0.39, 0.29) is 6.04 Å². The molecule has 4 heteroatoms. The number of nitrogens with zero attached hydrogens (tertiary/aromatic N) is 2. The van der Waals surface area contributed by atoms with Gasteiger partial charge in [0.2, 0.25) is 0 Å². The van der Waals surface area contributed by atoms with Crippen molar-refractivity contribution in [2.45, 2.75) is 31.3 Å². The summed E-state index contributed by atoms with van der Waals surface area (Å²) in [5, 5.41) is 0.775. The van der Waals surface area contributed by atoms with E-state index in [9.17, 15) is 0 Å². The van der Waals surface area contributed by atoms with Crippen LogP contribution in [0.5, 0.6) is 0 Å². The van der Waals surface area contributed by atoms with E-state index in [0.717, 1.165) is 24.0 Å². The van der Waals surface area contributed by atoms with Crippen LogP contribution in [0.3, 0.4) is 0 Å². The minimum atomic E-state index is 0.119. The van der Waals surface area contributed by atoms with E-state index in [1.165, 1.54) is 44.6 Å². The smallest absolute Gasteiger partial charge is 0.0406 e. The third-order valence-corrected chi connectivity index (χ3v) is 4.78. The van der Waals surface area contributed by atoms with Crippen LogP contribution in [0.2, 0.25) is 5.02 Å². The summed E-state index contributed by atoms with van der Waals surface area (Å²) in [6.45, 7) is 5.97. The first-order valence-electron chi connectivity index (χ1n) is 7.70. The molecule has 1 aromatic rings. The summed E-state index contributed by atoms with van der Waals surface area (Å²) in [6, 6.07) is 8.95. The van der Waals surface area contributed by atoms with Gasteiger partial charge >= 0.3 is 0 Å². The maximum absolute atomic E-state index is 6.27. The van der Waals surface area contributed by atoms with Crippen LogP contribution < -0.4 is 5.73 Å². The van der Waals surface area contributed by atoms with Gasteiger partial charge in [-0.1, -0.05) is 23.7 Å². The third-order valence-electron chi connectivity index (χ3n) is 4.52. The van der Waals surface area contributed by atoms with E-state index in [4.69, 9.17) is 17.3 Å². The predicted molar refractivity (Wildman–Crippen MR) is 84.0 cm³/mol. The van der Waals surface area contributed by atoms with Crippen LogP contribution in [0, 0.1) is 0 Å². The lowest BCUT2D eigenvalue weighted by atomic mass is 10.0. The Morgan fingerprint density at radius 1 is 1.10 bits per heavy atom. The van der Waals surface area contributed by atoms with Gasteiger partial charge in [0.1, 0.15) is 0 Å². The molecule has 1 heterocycles. The standard InChI is InChI=1S/C16H24ClN3/c17-14-3-1-13(2-4-14)16(18)7-8-19-9-11-20(12-10-19)15-5-6-15/h1-4,15-16H,5-12,18H2. The summed E-state index contributed by atoms with van der Waals surface area (Å²) in [4.78, 5) is 5.20. The van der Waals surface area contributed by atoms with Crippen LogP contribution in [0.1, 0.15) is 30.9 Å². The van der Waals surface area contributed by atoms with E-state index in [1.54, 1.807) is 0 Å². The van der Waals surface area contributed by atoms with Crippen molar-refractivity contribution in [3.63, 3.8) is 0 Å². The highest BCUT2D eigenvalue weighted by atomic mass is 35.5. The summed E-state index contributed by atoms with van der Waals surface area (Å²) in [5.74, 6) is 0. The molecule has 1 unspecified atom stereocenters. The molecule has 3 rings (SSSR count). The number of benzene rings is 1. The highest BCUT2D eigenvalue weighted by Gasteiger charge is 2.31. The molecular formula is C16H24ClN3. The van der Waals surface area contributed by atoms with E-state index in [0.29, 0.717) is 0 Å². The third kappa shape index (κ3) is 3.73. The van der Waals surface area contributed by atoms with Gasteiger partial charge in [0.25, 0.3) is 0 Å². The first-order valence-corrected chi connectivity index (χ1v) is 8.07. The van der Waals surface area contributed by atoms with E-state index in [2.05, 4.69) is 9.80 Å². The molecule has 110 valence electrons. The Kier molecular flexibility index (Phi) is 4.61. The second kappa shape index (κ2) is 6.44. The quantitative estimate of drug-likeness (QED) is 0.905. The van der Waals surface area contributed by atoms with Gasteiger partial charge in [-0.2, -0.15) is 0 Å². The molecule has 0 radical (unpaired) electrons. The topological polar surface area (TPSA) is 32.5 Å². The lowest BCUT2D eigenvalue weighted by molar-refractivity contribution is 0.124. The molecule has 1 aromatic carbocycles. The summed E-state index contributed by atoms with van der Waals surface area (Å²) < 4.78 is 0. The number of nitrogens with two attached hydrogens (primary N) is 1. The molecule has 0 aromatic heterocycles. The largest absolute Gasteiger partial charge is 0.324 e. The molecule has 2 N–H and O–H groups in total. The van der Waals surface area contributed by atoms with Crippen molar-refractivity contribution in [3.05, 3.63) is 34.9 Å². The van der Waals surface area contributed by atoms with Crippen molar-refractivity contribution in [1.29, 1.82) is 0 Å². The average molecular weight is 294 g/mol. The SMILES string of the molecule is NC(CCN1CCN(C2CC2)CC1)c1ccc(Cl)cc1. The Labute approximate surface area is 126 Å². The second-order valence-electron chi connectivity index (χ2n) is 6.06. The van der Waals surface area contributed by atoms with Crippen LogP contribution in [-0.4, -0.2) is 48.6 Å². The first-order chi connectivity index (χ1) is 9.72. The predicted octanol–water partition coefficient (Wildman–Crippen LogP) is 2.51. The Balaban J connectivity index is 1.41. The number of halogens is 1. The molecule has 2 aliphatic rings. The van der Waals surface area contributed by atoms with Gasteiger partial charge in [0.05, 0.1) is 0 Å². The number of rotatable bonds is 5. The molecule has 0 amide bonds. The van der Waals surface area contributed by atoms with Crippen molar-refractivity contribution < 1.29 is 0 Å². The molecule has 1 saturated heterocycles. The van der Waals surface area contributed by atoms with Crippen molar-refractivity contribution >= 4 is 11.6 Å². The van der Waals surface area contributed by atoms with E-state index >= 15 is 0 Å². The number of hydrogen-bond acceptors (Lipinski definition) is 3. The summed E-state index contributed by atoms with van der Waals surface area (Å²) in [6.07, 6.45) is 3.86. The van der Waals surface area contributed by atoms with Gasteiger partial charge in [-0.15, -0.1) is 0 Å². The zero-order valence-corrected chi connectivity index (χ0v) is 12.7. The van der Waals surface area contributed by atoms with Crippen LogP contribution in [0.4, 0.5) is 0 Å². The molecule has 0 spiro atoms. The van der Waals surface area contributed by atoms with Gasteiger partial charge in [-0.05, 0) is 37.0 Å². The summed E-state index contributed by atoms with van der Waals surface area (Å²) in [7, 11) is 0. The molecule has 0 bridgehead atoms. The zero-order chi connectivity index (χ0) is 13.9. The fourth-order valence-electron chi connectivity index (χ4n) is 2.99. The lowest BCUT2D eigenvalue weighted by Gasteiger charge is -2.35. The van der Waals surface area contributed by atoms with Gasteiger partial charge < -0.3 is 10.6 Å². The Hall–Kier alpha value is -0.610. The molecular weight excluding hydrogens is 270 g/mol. The van der Waals surface area contributed by atoms with Crippen LogP contribution in [0.25, 0.3) is 0 Å². The van der Waals surface area contributed by atoms with Gasteiger partial charge in [0.15, 0.2) is 0 Å². The minimum absolute atomic E-state index is 0.119. The number of piperazine rings is 1. The molecule has 20 heavy (non-hydrogen) atoms. The van der Waals surface area contributed by atoms with Crippen molar-refractivity contribution in [1.82, 2.24) is 9.80 Å². The fourth-order valence-corrected chi connectivity index (χ4v) is 3.12. The average Bonchev–Trinajstić information content (AvgIpc) is 3.31. The van der Waals surface area contributed by atoms with Gasteiger partial charge in [-0.25, -0.2) is 0 Å². The monoisotopic (exact) mass is 293 g/mol. The molecule has 3 nitrogen and oxygen atoms in total. The number of hydrogen-bond donors (Lipinski definition) is 1. The highest BCUT2D eigenvalue weighted by molar-refractivity contribution is 6.30. The highest BCUT2D eigenvalue weighted by Crippen LogP contribution is 2.27. The molecule has 2 fully saturated rings.